The zero-order chi connectivity index (χ0) is 13.2. The van der Waals surface area contributed by atoms with Crippen LogP contribution in [0.2, 0.25) is 0 Å². The quantitative estimate of drug-likeness (QED) is 0.869. The minimum atomic E-state index is 0. The van der Waals surface area contributed by atoms with Crippen LogP contribution < -0.4 is 10.6 Å². The number of benzene rings is 1. The van der Waals surface area contributed by atoms with Crippen molar-refractivity contribution in [3.05, 3.63) is 23.8 Å². The van der Waals surface area contributed by atoms with Gasteiger partial charge in [-0.05, 0) is 37.0 Å². The maximum absolute atomic E-state index is 11.6. The van der Waals surface area contributed by atoms with Crippen molar-refractivity contribution in [3.8, 4) is 0 Å². The summed E-state index contributed by atoms with van der Waals surface area (Å²) in [6.45, 7) is 3.75. The first kappa shape index (κ1) is 15.0. The molecule has 0 spiro atoms. The van der Waals surface area contributed by atoms with E-state index in [0.717, 1.165) is 57.5 Å². The van der Waals surface area contributed by atoms with Gasteiger partial charge < -0.3 is 15.5 Å². The highest BCUT2D eigenvalue weighted by Crippen LogP contribution is 2.31. The van der Waals surface area contributed by atoms with E-state index in [1.54, 1.807) is 0 Å². The lowest BCUT2D eigenvalue weighted by molar-refractivity contribution is -0.127. The van der Waals surface area contributed by atoms with Gasteiger partial charge in [-0.25, -0.2) is 0 Å². The molecule has 0 radical (unpaired) electrons. The molecule has 0 unspecified atom stereocenters. The molecule has 0 aliphatic carbocycles. The molecule has 0 bridgehead atoms. The van der Waals surface area contributed by atoms with Crippen LogP contribution in [-0.2, 0) is 11.2 Å². The van der Waals surface area contributed by atoms with Gasteiger partial charge in [0.15, 0.2) is 0 Å². The Morgan fingerprint density at radius 3 is 2.50 bits per heavy atom. The Balaban J connectivity index is 0.00000147. The maximum atomic E-state index is 11.6. The Bertz CT molecular complexity index is 492. The van der Waals surface area contributed by atoms with Gasteiger partial charge in [0.1, 0.15) is 0 Å². The highest BCUT2D eigenvalue weighted by atomic mass is 35.5. The van der Waals surface area contributed by atoms with Gasteiger partial charge >= 0.3 is 0 Å². The monoisotopic (exact) mass is 295 g/mol. The smallest absolute Gasteiger partial charge is 0.222 e. The molecular weight excluding hydrogens is 274 g/mol. The van der Waals surface area contributed by atoms with E-state index < -0.39 is 0 Å². The van der Waals surface area contributed by atoms with Crippen LogP contribution in [-0.4, -0.2) is 37.0 Å². The highest BCUT2D eigenvalue weighted by Gasteiger charge is 2.22. The average Bonchev–Trinajstić information content (AvgIpc) is 2.82. The molecule has 4 nitrogen and oxygen atoms in total. The van der Waals surface area contributed by atoms with Crippen molar-refractivity contribution in [1.82, 2.24) is 4.90 Å². The molecule has 2 heterocycles. The molecule has 0 atom stereocenters. The average molecular weight is 296 g/mol. The fourth-order valence-electron chi connectivity index (χ4n) is 3.14. The standard InChI is InChI=1S/C15H21N3O.ClH/c16-13-5-1-6-14-12(13)4-2-8-17(14)10-11-18-9-3-7-15(18)19;/h1,5-6H,2-4,7-11,16H2;1H. The summed E-state index contributed by atoms with van der Waals surface area (Å²) in [5, 5.41) is 0. The number of carbonyl (C=O) groups excluding carboxylic acids is 1. The number of nitrogens with zero attached hydrogens (tertiary/aromatic N) is 2. The van der Waals surface area contributed by atoms with E-state index in [9.17, 15) is 4.79 Å². The molecule has 5 heteroatoms. The second-order valence-electron chi connectivity index (χ2n) is 5.42. The third kappa shape index (κ3) is 2.85. The highest BCUT2D eigenvalue weighted by molar-refractivity contribution is 5.85. The zero-order valence-electron chi connectivity index (χ0n) is 11.7. The molecule has 1 amide bonds. The minimum absolute atomic E-state index is 0. The number of nitrogens with two attached hydrogens (primary N) is 1. The third-order valence-electron chi connectivity index (χ3n) is 4.19. The molecule has 1 aromatic rings. The summed E-state index contributed by atoms with van der Waals surface area (Å²) in [6.07, 6.45) is 3.96. The van der Waals surface area contributed by atoms with Gasteiger partial charge in [-0.15, -0.1) is 12.4 Å². The van der Waals surface area contributed by atoms with Gasteiger partial charge in [0, 0.05) is 44.0 Å². The first-order chi connectivity index (χ1) is 9.25. The van der Waals surface area contributed by atoms with E-state index in [-0.39, 0.29) is 12.4 Å². The third-order valence-corrected chi connectivity index (χ3v) is 4.19. The van der Waals surface area contributed by atoms with Crippen molar-refractivity contribution in [1.29, 1.82) is 0 Å². The number of rotatable bonds is 3. The lowest BCUT2D eigenvalue weighted by Crippen LogP contribution is -2.38. The zero-order valence-corrected chi connectivity index (χ0v) is 12.5. The fourth-order valence-corrected chi connectivity index (χ4v) is 3.14. The van der Waals surface area contributed by atoms with Crippen LogP contribution in [0.5, 0.6) is 0 Å². The predicted octanol–water partition coefficient (Wildman–Crippen LogP) is 2.07. The van der Waals surface area contributed by atoms with Gasteiger partial charge in [0.05, 0.1) is 0 Å². The Morgan fingerprint density at radius 1 is 1.05 bits per heavy atom. The number of hydrogen-bond donors (Lipinski definition) is 1. The second kappa shape index (κ2) is 6.35. The van der Waals surface area contributed by atoms with Crippen molar-refractivity contribution in [2.75, 3.05) is 36.8 Å². The molecule has 0 aromatic heterocycles. The van der Waals surface area contributed by atoms with E-state index in [4.69, 9.17) is 5.73 Å². The van der Waals surface area contributed by atoms with Gasteiger partial charge in [0.2, 0.25) is 5.91 Å². The first-order valence-corrected chi connectivity index (χ1v) is 7.16. The molecule has 20 heavy (non-hydrogen) atoms. The predicted molar refractivity (Wildman–Crippen MR) is 84.5 cm³/mol. The van der Waals surface area contributed by atoms with Crippen LogP contribution in [0.25, 0.3) is 0 Å². The van der Waals surface area contributed by atoms with Crippen molar-refractivity contribution in [2.24, 2.45) is 0 Å². The van der Waals surface area contributed by atoms with Crippen molar-refractivity contribution < 1.29 is 4.79 Å². The number of fused-ring (bicyclic) bond motifs is 1. The van der Waals surface area contributed by atoms with E-state index in [1.165, 1.54) is 11.3 Å². The fraction of sp³-hybridized carbons (Fsp3) is 0.533. The number of nitrogen functional groups attached to an aromatic ring is 1. The Labute approximate surface area is 126 Å². The van der Waals surface area contributed by atoms with Crippen LogP contribution in [0.15, 0.2) is 18.2 Å². The number of halogens is 1. The van der Waals surface area contributed by atoms with Gasteiger partial charge in [0.25, 0.3) is 0 Å². The van der Waals surface area contributed by atoms with Gasteiger partial charge in [-0.2, -0.15) is 0 Å². The molecular formula is C15H22ClN3O. The summed E-state index contributed by atoms with van der Waals surface area (Å²) in [5.41, 5.74) is 9.50. The maximum Gasteiger partial charge on any atom is 0.222 e. The van der Waals surface area contributed by atoms with Gasteiger partial charge in [-0.1, -0.05) is 6.07 Å². The number of amides is 1. The molecule has 2 N–H and O–H groups in total. The number of likely N-dealkylation sites (tertiary alicyclic amines) is 1. The lowest BCUT2D eigenvalue weighted by atomic mass is 10.00. The van der Waals surface area contributed by atoms with E-state index >= 15 is 0 Å². The molecule has 3 rings (SSSR count). The molecule has 110 valence electrons. The minimum Gasteiger partial charge on any atom is -0.398 e. The first-order valence-electron chi connectivity index (χ1n) is 7.16. The molecule has 2 aliphatic heterocycles. The van der Waals surface area contributed by atoms with Crippen molar-refractivity contribution in [3.63, 3.8) is 0 Å². The summed E-state index contributed by atoms with van der Waals surface area (Å²) in [6, 6.07) is 6.15. The lowest BCUT2D eigenvalue weighted by Gasteiger charge is -2.33. The van der Waals surface area contributed by atoms with Crippen molar-refractivity contribution in [2.45, 2.75) is 25.7 Å². The van der Waals surface area contributed by atoms with E-state index in [2.05, 4.69) is 11.0 Å². The van der Waals surface area contributed by atoms with Crippen LogP contribution in [0.4, 0.5) is 11.4 Å². The van der Waals surface area contributed by atoms with Crippen molar-refractivity contribution >= 4 is 29.7 Å². The van der Waals surface area contributed by atoms with E-state index in [0.29, 0.717) is 5.91 Å². The second-order valence-corrected chi connectivity index (χ2v) is 5.42. The summed E-state index contributed by atoms with van der Waals surface area (Å²) in [7, 11) is 0. The Hall–Kier alpha value is -1.42. The molecule has 1 aromatic carbocycles. The normalized spacial score (nSPS) is 17.9. The Kier molecular flexibility index (Phi) is 4.76. The SMILES string of the molecule is Cl.Nc1cccc2c1CCCN2CCN1CCCC1=O. The molecule has 1 saturated heterocycles. The summed E-state index contributed by atoms with van der Waals surface area (Å²) >= 11 is 0. The Morgan fingerprint density at radius 2 is 1.75 bits per heavy atom. The summed E-state index contributed by atoms with van der Waals surface area (Å²) < 4.78 is 0. The van der Waals surface area contributed by atoms with Crippen LogP contribution in [0.1, 0.15) is 24.8 Å². The molecule has 2 aliphatic rings. The molecule has 1 fully saturated rings. The number of anilines is 2. The van der Waals surface area contributed by atoms with Crippen LogP contribution in [0.3, 0.4) is 0 Å². The summed E-state index contributed by atoms with van der Waals surface area (Å²) in [4.78, 5) is 16.0. The van der Waals surface area contributed by atoms with Gasteiger partial charge in [-0.3, -0.25) is 4.79 Å². The largest absolute Gasteiger partial charge is 0.398 e. The summed E-state index contributed by atoms with van der Waals surface area (Å²) in [5.74, 6) is 0.310. The molecule has 0 saturated carbocycles. The number of hydrogen-bond acceptors (Lipinski definition) is 3. The topological polar surface area (TPSA) is 49.6 Å². The van der Waals surface area contributed by atoms with E-state index in [1.807, 2.05) is 17.0 Å². The number of carbonyl (C=O) groups is 1. The van der Waals surface area contributed by atoms with Crippen LogP contribution in [0, 0.1) is 0 Å². The van der Waals surface area contributed by atoms with Crippen LogP contribution >= 0.6 is 12.4 Å².